The lowest BCUT2D eigenvalue weighted by Gasteiger charge is -2.60. The number of hydrogen-bond acceptors (Lipinski definition) is 5. The van der Waals surface area contributed by atoms with Crippen LogP contribution in [0.2, 0.25) is 0 Å². The van der Waals surface area contributed by atoms with Crippen LogP contribution in [0, 0.1) is 17.3 Å². The average Bonchev–Trinajstić information content (AvgIpc) is 2.58. The summed E-state index contributed by atoms with van der Waals surface area (Å²) in [6.07, 6.45) is 5.67. The molecule has 2 unspecified atom stereocenters. The van der Waals surface area contributed by atoms with Crippen molar-refractivity contribution in [2.24, 2.45) is 17.3 Å². The van der Waals surface area contributed by atoms with Crippen LogP contribution in [0.5, 0.6) is 0 Å². The highest BCUT2D eigenvalue weighted by Gasteiger charge is 2.57. The van der Waals surface area contributed by atoms with Crippen molar-refractivity contribution in [2.75, 3.05) is 6.61 Å². The van der Waals surface area contributed by atoms with E-state index in [4.69, 9.17) is 4.74 Å². The minimum absolute atomic E-state index is 0.188. The van der Waals surface area contributed by atoms with E-state index in [0.717, 1.165) is 32.1 Å². The lowest BCUT2D eigenvalue weighted by Crippen LogP contribution is -2.56. The van der Waals surface area contributed by atoms with Gasteiger partial charge in [-0.25, -0.2) is 0 Å². The van der Waals surface area contributed by atoms with E-state index in [1.54, 1.807) is 30.3 Å². The fraction of sp³-hybridized carbons (Fsp3) is 0.571. The number of amides is 2. The molecule has 0 radical (unpaired) electrons. The third kappa shape index (κ3) is 3.90. The molecule has 0 saturated heterocycles. The van der Waals surface area contributed by atoms with E-state index >= 15 is 0 Å². The Labute approximate surface area is 158 Å². The topological polar surface area (TPSA) is 92.7 Å². The summed E-state index contributed by atoms with van der Waals surface area (Å²) >= 11 is 0. The lowest BCUT2D eigenvalue weighted by molar-refractivity contribution is -0.177. The maximum atomic E-state index is 12.3. The zero-order valence-corrected chi connectivity index (χ0v) is 15.3. The van der Waals surface area contributed by atoms with Crippen molar-refractivity contribution < 1.29 is 24.2 Å². The van der Waals surface area contributed by atoms with Gasteiger partial charge in [0.05, 0.1) is 12.0 Å². The molecule has 0 aliphatic heterocycles. The van der Waals surface area contributed by atoms with E-state index in [0.29, 0.717) is 23.8 Å². The summed E-state index contributed by atoms with van der Waals surface area (Å²) in [5.41, 5.74) is -0.435. The highest BCUT2D eigenvalue weighted by atomic mass is 16.5. The number of rotatable bonds is 5. The van der Waals surface area contributed by atoms with Crippen LogP contribution >= 0.6 is 0 Å². The molecule has 1 aromatic rings. The Morgan fingerprint density at radius 1 is 1.07 bits per heavy atom. The van der Waals surface area contributed by atoms with E-state index in [1.165, 1.54) is 0 Å². The van der Waals surface area contributed by atoms with Gasteiger partial charge in [0, 0.05) is 5.56 Å². The van der Waals surface area contributed by atoms with Crippen LogP contribution < -0.4 is 5.32 Å². The molecule has 1 aromatic carbocycles. The Kier molecular flexibility index (Phi) is 4.54. The summed E-state index contributed by atoms with van der Waals surface area (Å²) in [5.74, 6) is -0.587. The maximum absolute atomic E-state index is 12.3. The number of nitrogens with one attached hydrogen (secondary N) is 1. The lowest BCUT2D eigenvalue weighted by atomic mass is 9.47. The number of aliphatic hydroxyl groups is 1. The molecule has 27 heavy (non-hydrogen) atoms. The van der Waals surface area contributed by atoms with Crippen LogP contribution in [0.15, 0.2) is 30.3 Å². The van der Waals surface area contributed by atoms with Crippen molar-refractivity contribution in [3.8, 4) is 0 Å². The summed E-state index contributed by atoms with van der Waals surface area (Å²) in [6, 6.07) is 8.40. The van der Waals surface area contributed by atoms with Gasteiger partial charge in [0.1, 0.15) is 0 Å². The average molecular weight is 371 g/mol. The summed E-state index contributed by atoms with van der Waals surface area (Å²) in [4.78, 5) is 36.2. The van der Waals surface area contributed by atoms with Gasteiger partial charge < -0.3 is 9.84 Å². The highest BCUT2D eigenvalue weighted by molar-refractivity contribution is 6.05. The Hall–Kier alpha value is -2.21. The fourth-order valence-corrected chi connectivity index (χ4v) is 5.94. The normalized spacial score (nSPS) is 33.5. The largest absolute Gasteiger partial charge is 0.456 e. The minimum Gasteiger partial charge on any atom is -0.456 e. The zero-order valence-electron chi connectivity index (χ0n) is 15.3. The molecule has 4 atom stereocenters. The van der Waals surface area contributed by atoms with Gasteiger partial charge in [0.25, 0.3) is 11.8 Å². The third-order valence-electron chi connectivity index (χ3n) is 6.32. The second-order valence-corrected chi connectivity index (χ2v) is 8.77. The molecule has 4 bridgehead atoms. The molecule has 4 aliphatic carbocycles. The van der Waals surface area contributed by atoms with Crippen molar-refractivity contribution in [3.05, 3.63) is 35.9 Å². The maximum Gasteiger partial charge on any atom is 0.306 e. The van der Waals surface area contributed by atoms with Crippen LogP contribution in [0.3, 0.4) is 0 Å². The van der Waals surface area contributed by atoms with E-state index in [2.05, 4.69) is 5.32 Å². The molecule has 0 aromatic heterocycles. The van der Waals surface area contributed by atoms with E-state index in [9.17, 15) is 19.5 Å². The number of benzene rings is 1. The molecular weight excluding hydrogens is 346 g/mol. The van der Waals surface area contributed by atoms with Crippen LogP contribution in [-0.2, 0) is 14.3 Å². The quantitative estimate of drug-likeness (QED) is 0.774. The van der Waals surface area contributed by atoms with Gasteiger partial charge in [-0.05, 0) is 67.9 Å². The summed E-state index contributed by atoms with van der Waals surface area (Å²) < 4.78 is 5.13. The Balaban J connectivity index is 1.28. The molecule has 5 rings (SSSR count). The van der Waals surface area contributed by atoms with Crippen molar-refractivity contribution in [2.45, 2.75) is 50.5 Å². The molecule has 0 heterocycles. The highest BCUT2D eigenvalue weighted by Crippen LogP contribution is 2.62. The van der Waals surface area contributed by atoms with Gasteiger partial charge in [0.15, 0.2) is 6.61 Å². The minimum atomic E-state index is -0.638. The van der Waals surface area contributed by atoms with Crippen molar-refractivity contribution in [3.63, 3.8) is 0 Å². The summed E-state index contributed by atoms with van der Waals surface area (Å²) in [7, 11) is 0. The number of imide groups is 1. The molecule has 4 fully saturated rings. The first kappa shape index (κ1) is 18.2. The van der Waals surface area contributed by atoms with Gasteiger partial charge in [0.2, 0.25) is 0 Å². The molecule has 2 N–H and O–H groups in total. The third-order valence-corrected chi connectivity index (χ3v) is 6.32. The molecule has 6 nitrogen and oxygen atoms in total. The van der Waals surface area contributed by atoms with Crippen LogP contribution in [-0.4, -0.2) is 35.1 Å². The predicted molar refractivity (Wildman–Crippen MR) is 96.6 cm³/mol. The van der Waals surface area contributed by atoms with E-state index in [-0.39, 0.29) is 11.8 Å². The van der Waals surface area contributed by atoms with Crippen molar-refractivity contribution in [1.82, 2.24) is 5.32 Å². The zero-order chi connectivity index (χ0) is 19.1. The number of hydrogen-bond donors (Lipinski definition) is 2. The number of carbonyl (C=O) groups excluding carboxylic acids is 3. The second-order valence-electron chi connectivity index (χ2n) is 8.77. The first-order chi connectivity index (χ1) is 12.8. The smallest absolute Gasteiger partial charge is 0.306 e. The van der Waals surface area contributed by atoms with E-state index < -0.39 is 30.0 Å². The van der Waals surface area contributed by atoms with Crippen LogP contribution in [0.25, 0.3) is 0 Å². The molecule has 4 aliphatic rings. The molecule has 144 valence electrons. The Morgan fingerprint density at radius 2 is 1.74 bits per heavy atom. The second kappa shape index (κ2) is 6.75. The van der Waals surface area contributed by atoms with Gasteiger partial charge >= 0.3 is 5.97 Å². The SMILES string of the molecule is O=C(COC(=O)CC12C[C@@H]3C[C@@H](CC(O)(C3)C1)C2)NC(=O)c1ccccc1. The fourth-order valence-electron chi connectivity index (χ4n) is 5.94. The number of ether oxygens (including phenoxy) is 1. The van der Waals surface area contributed by atoms with Gasteiger partial charge in [-0.3, -0.25) is 19.7 Å². The molecule has 4 saturated carbocycles. The molecular formula is C21H25NO5. The first-order valence-electron chi connectivity index (χ1n) is 9.62. The monoisotopic (exact) mass is 371 g/mol. The number of carbonyl (C=O) groups is 3. The molecule has 6 heteroatoms. The van der Waals surface area contributed by atoms with E-state index in [1.807, 2.05) is 0 Å². The van der Waals surface area contributed by atoms with Crippen molar-refractivity contribution in [1.29, 1.82) is 0 Å². The summed E-state index contributed by atoms with van der Waals surface area (Å²) in [5, 5.41) is 13.0. The van der Waals surface area contributed by atoms with Gasteiger partial charge in [-0.2, -0.15) is 0 Å². The molecule has 0 spiro atoms. The Bertz CT molecular complexity index is 745. The standard InChI is InChI=1S/C21H25NO5/c23-17(22-19(25)16-4-2-1-3-5-16)12-27-18(24)11-20-7-14-6-15(8-20)10-21(26,9-14)13-20/h1-5,14-15,26H,6-13H2,(H,22,23,25)/t14-,15+,20?,21?. The first-order valence-corrected chi connectivity index (χ1v) is 9.62. The van der Waals surface area contributed by atoms with Crippen LogP contribution in [0.1, 0.15) is 55.3 Å². The number of esters is 1. The van der Waals surface area contributed by atoms with Crippen LogP contribution in [0.4, 0.5) is 0 Å². The Morgan fingerprint density at radius 3 is 2.37 bits per heavy atom. The summed E-state index contributed by atoms with van der Waals surface area (Å²) in [6.45, 7) is -0.468. The van der Waals surface area contributed by atoms with Gasteiger partial charge in [-0.15, -0.1) is 0 Å². The molecule has 2 amide bonds. The predicted octanol–water partition coefficient (Wildman–Crippen LogP) is 2.21. The van der Waals surface area contributed by atoms with Gasteiger partial charge in [-0.1, -0.05) is 18.2 Å². The van der Waals surface area contributed by atoms with Crippen molar-refractivity contribution >= 4 is 17.8 Å².